The fourth-order valence-corrected chi connectivity index (χ4v) is 2.91. The number of esters is 1. The highest BCUT2D eigenvalue weighted by Crippen LogP contribution is 2.31. The first-order valence-electron chi connectivity index (χ1n) is 7.89. The lowest BCUT2D eigenvalue weighted by Crippen LogP contribution is -2.05. The predicted molar refractivity (Wildman–Crippen MR) is 109 cm³/mol. The number of nitrogens with one attached hydrogen (secondary N) is 1. The number of anilines is 2. The maximum absolute atomic E-state index is 11.9. The standard InChI is InChI=1S/C19H16BrN3O3S/c1-25-18(24)14-5-3-4-6-16(14)26-17-15(20)11-21-19(23-17)22-12-7-9-13(27-2)10-8-12/h3-11H,1-2H3,(H,21,22,23). The Bertz CT molecular complexity index is 951. The maximum Gasteiger partial charge on any atom is 0.341 e. The van der Waals surface area contributed by atoms with Gasteiger partial charge in [-0.25, -0.2) is 9.78 Å². The van der Waals surface area contributed by atoms with Crippen LogP contribution in [0.2, 0.25) is 0 Å². The summed E-state index contributed by atoms with van der Waals surface area (Å²) in [4.78, 5) is 21.7. The van der Waals surface area contributed by atoms with Gasteiger partial charge in [0.25, 0.3) is 0 Å². The molecule has 0 spiro atoms. The molecule has 0 amide bonds. The molecular formula is C19H16BrN3O3S. The summed E-state index contributed by atoms with van der Waals surface area (Å²) in [6.07, 6.45) is 3.61. The van der Waals surface area contributed by atoms with Gasteiger partial charge in [-0.1, -0.05) is 12.1 Å². The summed E-state index contributed by atoms with van der Waals surface area (Å²) in [5, 5.41) is 3.13. The lowest BCUT2D eigenvalue weighted by molar-refractivity contribution is 0.0598. The Hall–Kier alpha value is -2.58. The molecule has 1 aromatic heterocycles. The summed E-state index contributed by atoms with van der Waals surface area (Å²) >= 11 is 5.05. The van der Waals surface area contributed by atoms with Crippen molar-refractivity contribution in [2.24, 2.45) is 0 Å². The number of carbonyl (C=O) groups is 1. The minimum Gasteiger partial charge on any atom is -0.465 e. The van der Waals surface area contributed by atoms with Crippen molar-refractivity contribution < 1.29 is 14.3 Å². The van der Waals surface area contributed by atoms with Crippen molar-refractivity contribution >= 4 is 45.3 Å². The van der Waals surface area contributed by atoms with Crippen molar-refractivity contribution in [1.29, 1.82) is 0 Å². The number of nitrogens with zero attached hydrogens (tertiary/aromatic N) is 2. The molecule has 3 aromatic rings. The number of benzene rings is 2. The van der Waals surface area contributed by atoms with E-state index < -0.39 is 5.97 Å². The number of methoxy groups -OCH3 is 1. The zero-order valence-electron chi connectivity index (χ0n) is 14.6. The van der Waals surface area contributed by atoms with Crippen LogP contribution in [0.3, 0.4) is 0 Å². The van der Waals surface area contributed by atoms with E-state index in [0.29, 0.717) is 21.7 Å². The van der Waals surface area contributed by atoms with Gasteiger partial charge in [-0.3, -0.25) is 0 Å². The van der Waals surface area contributed by atoms with Gasteiger partial charge in [-0.15, -0.1) is 11.8 Å². The smallest absolute Gasteiger partial charge is 0.341 e. The molecule has 1 heterocycles. The summed E-state index contributed by atoms with van der Waals surface area (Å²) in [6.45, 7) is 0. The van der Waals surface area contributed by atoms with Crippen LogP contribution in [-0.2, 0) is 4.74 Å². The molecule has 0 saturated heterocycles. The third-order valence-electron chi connectivity index (χ3n) is 3.56. The van der Waals surface area contributed by atoms with E-state index in [9.17, 15) is 4.79 Å². The zero-order chi connectivity index (χ0) is 19.2. The second-order valence-corrected chi connectivity index (χ2v) is 7.02. The van der Waals surface area contributed by atoms with Crippen LogP contribution in [0.1, 0.15) is 10.4 Å². The SMILES string of the molecule is COC(=O)c1ccccc1Oc1nc(Nc2ccc(SC)cc2)ncc1Br. The van der Waals surface area contributed by atoms with E-state index >= 15 is 0 Å². The van der Waals surface area contributed by atoms with Gasteiger partial charge in [0.1, 0.15) is 11.3 Å². The normalized spacial score (nSPS) is 10.3. The van der Waals surface area contributed by atoms with Gasteiger partial charge >= 0.3 is 5.97 Å². The number of hydrogen-bond acceptors (Lipinski definition) is 7. The van der Waals surface area contributed by atoms with E-state index in [0.717, 1.165) is 5.69 Å². The third-order valence-corrected chi connectivity index (χ3v) is 4.84. The molecule has 0 aliphatic rings. The van der Waals surface area contributed by atoms with Crippen molar-refractivity contribution in [2.75, 3.05) is 18.7 Å². The van der Waals surface area contributed by atoms with E-state index in [1.807, 2.05) is 30.5 Å². The summed E-state index contributed by atoms with van der Waals surface area (Å²) in [6, 6.07) is 14.7. The Kier molecular flexibility index (Phi) is 6.31. The van der Waals surface area contributed by atoms with E-state index in [1.165, 1.54) is 12.0 Å². The number of thioether (sulfide) groups is 1. The van der Waals surface area contributed by atoms with Crippen LogP contribution in [0.25, 0.3) is 0 Å². The molecule has 2 aromatic carbocycles. The molecule has 0 radical (unpaired) electrons. The van der Waals surface area contributed by atoms with Crippen LogP contribution in [0.4, 0.5) is 11.6 Å². The molecule has 0 aliphatic heterocycles. The number of carbonyl (C=O) groups excluding carboxylic acids is 1. The molecule has 27 heavy (non-hydrogen) atoms. The summed E-state index contributed by atoms with van der Waals surface area (Å²) < 4.78 is 11.2. The largest absolute Gasteiger partial charge is 0.465 e. The second-order valence-electron chi connectivity index (χ2n) is 5.29. The first-order valence-corrected chi connectivity index (χ1v) is 9.91. The monoisotopic (exact) mass is 445 g/mol. The van der Waals surface area contributed by atoms with E-state index in [-0.39, 0.29) is 5.88 Å². The average molecular weight is 446 g/mol. The Balaban J connectivity index is 1.84. The van der Waals surface area contributed by atoms with Gasteiger partial charge in [0.05, 0.1) is 17.8 Å². The van der Waals surface area contributed by atoms with Crippen LogP contribution in [0.5, 0.6) is 11.6 Å². The van der Waals surface area contributed by atoms with Crippen LogP contribution < -0.4 is 10.1 Å². The topological polar surface area (TPSA) is 73.3 Å². The van der Waals surface area contributed by atoms with Crippen LogP contribution in [0, 0.1) is 0 Å². The molecular weight excluding hydrogens is 430 g/mol. The van der Waals surface area contributed by atoms with Gasteiger partial charge < -0.3 is 14.8 Å². The quantitative estimate of drug-likeness (QED) is 0.408. The van der Waals surface area contributed by atoms with Gasteiger partial charge in [-0.2, -0.15) is 4.98 Å². The number of para-hydroxylation sites is 1. The van der Waals surface area contributed by atoms with Crippen molar-refractivity contribution in [2.45, 2.75) is 4.90 Å². The van der Waals surface area contributed by atoms with Crippen LogP contribution in [0.15, 0.2) is 64.1 Å². The first kappa shape index (κ1) is 19.2. The Labute approximate surface area is 169 Å². The average Bonchev–Trinajstić information content (AvgIpc) is 2.71. The van der Waals surface area contributed by atoms with E-state index in [4.69, 9.17) is 9.47 Å². The molecule has 6 nitrogen and oxygen atoms in total. The van der Waals surface area contributed by atoms with Gasteiger partial charge in [-0.05, 0) is 58.6 Å². The van der Waals surface area contributed by atoms with Gasteiger partial charge in [0.2, 0.25) is 11.8 Å². The zero-order valence-corrected chi connectivity index (χ0v) is 17.0. The predicted octanol–water partition coefficient (Wildman–Crippen LogP) is 5.28. The molecule has 0 unspecified atom stereocenters. The van der Waals surface area contributed by atoms with Crippen LogP contribution in [-0.4, -0.2) is 29.3 Å². The highest BCUT2D eigenvalue weighted by molar-refractivity contribution is 9.10. The summed E-state index contributed by atoms with van der Waals surface area (Å²) in [5.74, 6) is 0.521. The third kappa shape index (κ3) is 4.78. The molecule has 0 saturated carbocycles. The van der Waals surface area contributed by atoms with Gasteiger partial charge in [0.15, 0.2) is 0 Å². The molecule has 138 valence electrons. The Morgan fingerprint density at radius 1 is 1.15 bits per heavy atom. The number of halogens is 1. The fourth-order valence-electron chi connectivity index (χ4n) is 2.23. The molecule has 0 atom stereocenters. The van der Waals surface area contributed by atoms with Crippen molar-refractivity contribution in [3.05, 3.63) is 64.8 Å². The molecule has 0 bridgehead atoms. The number of ether oxygens (including phenoxy) is 2. The minimum atomic E-state index is -0.483. The second kappa shape index (κ2) is 8.88. The van der Waals surface area contributed by atoms with E-state index in [2.05, 4.69) is 31.2 Å². The Morgan fingerprint density at radius 2 is 1.89 bits per heavy atom. The lowest BCUT2D eigenvalue weighted by atomic mass is 10.2. The Morgan fingerprint density at radius 3 is 2.59 bits per heavy atom. The number of rotatable bonds is 6. The summed E-state index contributed by atoms with van der Waals surface area (Å²) in [5.41, 5.74) is 1.17. The molecule has 1 N–H and O–H groups in total. The molecule has 0 fully saturated rings. The highest BCUT2D eigenvalue weighted by Gasteiger charge is 2.15. The minimum absolute atomic E-state index is 0.282. The summed E-state index contributed by atoms with van der Waals surface area (Å²) in [7, 11) is 1.32. The first-order chi connectivity index (χ1) is 13.1. The highest BCUT2D eigenvalue weighted by atomic mass is 79.9. The fraction of sp³-hybridized carbons (Fsp3) is 0.105. The van der Waals surface area contributed by atoms with Crippen molar-refractivity contribution in [3.8, 4) is 11.6 Å². The molecule has 8 heteroatoms. The van der Waals surface area contributed by atoms with E-state index in [1.54, 1.807) is 42.2 Å². The van der Waals surface area contributed by atoms with Gasteiger partial charge in [0, 0.05) is 10.6 Å². The van der Waals surface area contributed by atoms with Crippen LogP contribution >= 0.6 is 27.7 Å². The maximum atomic E-state index is 11.9. The lowest BCUT2D eigenvalue weighted by Gasteiger charge is -2.11. The van der Waals surface area contributed by atoms with Crippen molar-refractivity contribution in [3.63, 3.8) is 0 Å². The number of hydrogen-bond donors (Lipinski definition) is 1. The van der Waals surface area contributed by atoms with Crippen molar-refractivity contribution in [1.82, 2.24) is 9.97 Å². The number of aromatic nitrogens is 2. The molecule has 0 aliphatic carbocycles. The molecule has 3 rings (SSSR count).